The van der Waals surface area contributed by atoms with Gasteiger partial charge in [-0.1, -0.05) is 0 Å². The number of rotatable bonds is 2. The third-order valence-electron chi connectivity index (χ3n) is 3.35. The largest absolute Gasteiger partial charge is 0.378 e. The molecule has 1 aromatic carbocycles. The van der Waals surface area contributed by atoms with Gasteiger partial charge in [0, 0.05) is 32.3 Å². The number of fused-ring (bicyclic) bond motifs is 1. The highest BCUT2D eigenvalue weighted by molar-refractivity contribution is 5.81. The molecule has 2 aromatic rings. The lowest BCUT2D eigenvalue weighted by molar-refractivity contribution is -0.384. The number of hydrogen-bond acceptors (Lipinski definition) is 5. The fourth-order valence-corrected chi connectivity index (χ4v) is 2.34. The fraction of sp³-hybridized carbons (Fsp3) is 0.417. The molecular weight excluding hydrogens is 248 g/mol. The van der Waals surface area contributed by atoms with Crippen molar-refractivity contribution in [2.45, 2.75) is 0 Å². The van der Waals surface area contributed by atoms with Gasteiger partial charge < -0.3 is 14.2 Å². The molecule has 0 unspecified atom stereocenters. The molecule has 0 amide bonds. The molecule has 0 saturated carbocycles. The van der Waals surface area contributed by atoms with Crippen LogP contribution in [-0.4, -0.2) is 40.8 Å². The van der Waals surface area contributed by atoms with Gasteiger partial charge in [0.25, 0.3) is 5.69 Å². The predicted octanol–water partition coefficient (Wildman–Crippen LogP) is 1.32. The first-order valence-corrected chi connectivity index (χ1v) is 6.10. The molecule has 0 radical (unpaired) electrons. The van der Waals surface area contributed by atoms with E-state index in [-0.39, 0.29) is 5.69 Å². The Balaban J connectivity index is 2.06. The monoisotopic (exact) mass is 262 g/mol. The van der Waals surface area contributed by atoms with Crippen LogP contribution in [0.25, 0.3) is 11.0 Å². The number of ether oxygens (including phenoxy) is 1. The summed E-state index contributed by atoms with van der Waals surface area (Å²) in [5, 5.41) is 10.8. The molecule has 3 rings (SSSR count). The number of morpholine rings is 1. The molecule has 1 aromatic heterocycles. The number of nitro groups is 1. The molecule has 2 heterocycles. The van der Waals surface area contributed by atoms with Gasteiger partial charge in [-0.25, -0.2) is 4.98 Å². The SMILES string of the molecule is Cn1c(N2CCOCC2)nc2cc([N+](=O)[O-])ccc21. The van der Waals surface area contributed by atoms with Gasteiger partial charge >= 0.3 is 0 Å². The molecule has 7 nitrogen and oxygen atoms in total. The minimum absolute atomic E-state index is 0.0686. The highest BCUT2D eigenvalue weighted by Gasteiger charge is 2.18. The van der Waals surface area contributed by atoms with Crippen LogP contribution >= 0.6 is 0 Å². The normalized spacial score (nSPS) is 15.9. The van der Waals surface area contributed by atoms with Crippen LogP contribution in [0.2, 0.25) is 0 Å². The van der Waals surface area contributed by atoms with Crippen LogP contribution in [0, 0.1) is 10.1 Å². The second kappa shape index (κ2) is 4.51. The minimum atomic E-state index is -0.400. The van der Waals surface area contributed by atoms with Gasteiger partial charge in [-0.15, -0.1) is 0 Å². The van der Waals surface area contributed by atoms with Gasteiger partial charge in [0.05, 0.1) is 29.2 Å². The minimum Gasteiger partial charge on any atom is -0.378 e. The third kappa shape index (κ3) is 2.01. The number of imidazole rings is 1. The van der Waals surface area contributed by atoms with Crippen molar-refractivity contribution in [2.75, 3.05) is 31.2 Å². The van der Waals surface area contributed by atoms with Crippen molar-refractivity contribution >= 4 is 22.7 Å². The van der Waals surface area contributed by atoms with Gasteiger partial charge in [0.1, 0.15) is 0 Å². The van der Waals surface area contributed by atoms with Crippen molar-refractivity contribution in [1.29, 1.82) is 0 Å². The summed E-state index contributed by atoms with van der Waals surface area (Å²) in [4.78, 5) is 17.0. The van der Waals surface area contributed by atoms with Crippen LogP contribution in [0.3, 0.4) is 0 Å². The van der Waals surface area contributed by atoms with Crippen LogP contribution < -0.4 is 4.90 Å². The summed E-state index contributed by atoms with van der Waals surface area (Å²) in [6.45, 7) is 2.95. The summed E-state index contributed by atoms with van der Waals surface area (Å²) >= 11 is 0. The molecule has 1 aliphatic heterocycles. The number of benzene rings is 1. The molecule has 0 spiro atoms. The third-order valence-corrected chi connectivity index (χ3v) is 3.35. The van der Waals surface area contributed by atoms with E-state index in [0.717, 1.165) is 24.6 Å². The number of hydrogen-bond donors (Lipinski definition) is 0. The summed E-state index contributed by atoms with van der Waals surface area (Å²) in [5.74, 6) is 0.832. The predicted molar refractivity (Wildman–Crippen MR) is 70.4 cm³/mol. The Bertz CT molecular complexity index is 631. The molecule has 1 fully saturated rings. The van der Waals surface area contributed by atoms with E-state index in [1.165, 1.54) is 12.1 Å². The van der Waals surface area contributed by atoms with Crippen molar-refractivity contribution in [1.82, 2.24) is 9.55 Å². The van der Waals surface area contributed by atoms with Crippen LogP contribution in [0.1, 0.15) is 0 Å². The van der Waals surface area contributed by atoms with Crippen LogP contribution in [0.5, 0.6) is 0 Å². The van der Waals surface area contributed by atoms with E-state index >= 15 is 0 Å². The Morgan fingerprint density at radius 1 is 1.37 bits per heavy atom. The number of nitrogens with zero attached hydrogens (tertiary/aromatic N) is 4. The van der Waals surface area contributed by atoms with E-state index in [4.69, 9.17) is 4.74 Å². The second-order valence-corrected chi connectivity index (χ2v) is 4.50. The van der Waals surface area contributed by atoms with Gasteiger partial charge in [-0.3, -0.25) is 10.1 Å². The van der Waals surface area contributed by atoms with Crippen molar-refractivity contribution in [2.24, 2.45) is 7.05 Å². The van der Waals surface area contributed by atoms with Crippen molar-refractivity contribution < 1.29 is 9.66 Å². The molecule has 0 N–H and O–H groups in total. The maximum absolute atomic E-state index is 10.8. The van der Waals surface area contributed by atoms with E-state index in [2.05, 4.69) is 9.88 Å². The molecule has 1 saturated heterocycles. The number of non-ortho nitro benzene ring substituents is 1. The molecular formula is C12H14N4O3. The van der Waals surface area contributed by atoms with Crippen molar-refractivity contribution in [3.05, 3.63) is 28.3 Å². The average molecular weight is 262 g/mol. The maximum Gasteiger partial charge on any atom is 0.271 e. The average Bonchev–Trinajstić information content (AvgIpc) is 2.76. The Labute approximate surface area is 109 Å². The lowest BCUT2D eigenvalue weighted by Gasteiger charge is -2.27. The topological polar surface area (TPSA) is 73.4 Å². The lowest BCUT2D eigenvalue weighted by atomic mass is 10.3. The van der Waals surface area contributed by atoms with Gasteiger partial charge in [-0.2, -0.15) is 0 Å². The van der Waals surface area contributed by atoms with E-state index in [1.807, 2.05) is 11.6 Å². The van der Waals surface area contributed by atoms with E-state index in [1.54, 1.807) is 6.07 Å². The number of nitro benzene ring substituents is 1. The van der Waals surface area contributed by atoms with Crippen molar-refractivity contribution in [3.8, 4) is 0 Å². The number of aromatic nitrogens is 2. The van der Waals surface area contributed by atoms with Gasteiger partial charge in [-0.05, 0) is 6.07 Å². The molecule has 1 aliphatic rings. The van der Waals surface area contributed by atoms with E-state index < -0.39 is 4.92 Å². The molecule has 0 bridgehead atoms. The maximum atomic E-state index is 10.8. The first-order chi connectivity index (χ1) is 9.16. The summed E-state index contributed by atoms with van der Waals surface area (Å²) in [5.41, 5.74) is 1.62. The van der Waals surface area contributed by atoms with E-state index in [0.29, 0.717) is 18.7 Å². The Morgan fingerprint density at radius 3 is 2.79 bits per heavy atom. The summed E-state index contributed by atoms with van der Waals surface area (Å²) in [7, 11) is 1.92. The second-order valence-electron chi connectivity index (χ2n) is 4.50. The standard InChI is InChI=1S/C12H14N4O3/c1-14-11-3-2-9(16(17)18)8-10(11)13-12(14)15-4-6-19-7-5-15/h2-3,8H,4-7H2,1H3. The smallest absolute Gasteiger partial charge is 0.271 e. The molecule has 0 atom stereocenters. The highest BCUT2D eigenvalue weighted by atomic mass is 16.6. The van der Waals surface area contributed by atoms with Crippen LogP contribution in [0.4, 0.5) is 11.6 Å². The highest BCUT2D eigenvalue weighted by Crippen LogP contribution is 2.25. The van der Waals surface area contributed by atoms with Crippen LogP contribution in [-0.2, 0) is 11.8 Å². The summed E-state index contributed by atoms with van der Waals surface area (Å²) < 4.78 is 7.28. The Kier molecular flexibility index (Phi) is 2.83. The zero-order valence-electron chi connectivity index (χ0n) is 10.6. The Morgan fingerprint density at radius 2 is 2.11 bits per heavy atom. The Hall–Kier alpha value is -2.15. The fourth-order valence-electron chi connectivity index (χ4n) is 2.34. The summed E-state index contributed by atoms with van der Waals surface area (Å²) in [6.07, 6.45) is 0. The lowest BCUT2D eigenvalue weighted by Crippen LogP contribution is -2.37. The van der Waals surface area contributed by atoms with Crippen LogP contribution in [0.15, 0.2) is 18.2 Å². The number of aryl methyl sites for hydroxylation is 1. The van der Waals surface area contributed by atoms with Gasteiger partial charge in [0.15, 0.2) is 0 Å². The van der Waals surface area contributed by atoms with Gasteiger partial charge in [0.2, 0.25) is 5.95 Å². The molecule has 100 valence electrons. The van der Waals surface area contributed by atoms with Crippen molar-refractivity contribution in [3.63, 3.8) is 0 Å². The molecule has 19 heavy (non-hydrogen) atoms. The number of anilines is 1. The zero-order chi connectivity index (χ0) is 13.4. The quantitative estimate of drug-likeness (QED) is 0.602. The first kappa shape index (κ1) is 11.9. The summed E-state index contributed by atoms with van der Waals surface area (Å²) in [6, 6.07) is 4.76. The zero-order valence-corrected chi connectivity index (χ0v) is 10.6. The first-order valence-electron chi connectivity index (χ1n) is 6.10. The molecule has 7 heteroatoms. The van der Waals surface area contributed by atoms with E-state index in [9.17, 15) is 10.1 Å². The molecule has 0 aliphatic carbocycles.